The van der Waals surface area contributed by atoms with Gasteiger partial charge in [0.25, 0.3) is 0 Å². The van der Waals surface area contributed by atoms with Crippen LogP contribution in [0.25, 0.3) is 10.9 Å². The summed E-state index contributed by atoms with van der Waals surface area (Å²) in [6.07, 6.45) is -3.02. The lowest BCUT2D eigenvalue weighted by atomic mass is 10.1. The maximum absolute atomic E-state index is 12.9. The van der Waals surface area contributed by atoms with Crippen LogP contribution >= 0.6 is 0 Å². The van der Waals surface area contributed by atoms with Gasteiger partial charge < -0.3 is 16.0 Å². The van der Waals surface area contributed by atoms with Crippen LogP contribution < -0.4 is 16.0 Å². The number of fused-ring (bicyclic) bond motifs is 1. The highest BCUT2D eigenvalue weighted by molar-refractivity contribution is 6.02. The molecule has 0 fully saturated rings. The molecule has 3 amide bonds. The van der Waals surface area contributed by atoms with E-state index in [0.717, 1.165) is 17.5 Å². The van der Waals surface area contributed by atoms with Gasteiger partial charge in [0.05, 0.1) is 29.0 Å². The van der Waals surface area contributed by atoms with Crippen LogP contribution in [0.3, 0.4) is 0 Å². The summed E-state index contributed by atoms with van der Waals surface area (Å²) < 4.78 is 38.8. The number of nitrogens with zero attached hydrogens (tertiary/aromatic N) is 1. The zero-order valence-electron chi connectivity index (χ0n) is 14.4. The Labute approximate surface area is 157 Å². The molecule has 0 saturated carbocycles. The number of aromatic nitrogens is 1. The van der Waals surface area contributed by atoms with Crippen LogP contribution in [0, 0.1) is 0 Å². The summed E-state index contributed by atoms with van der Waals surface area (Å²) in [5.41, 5.74) is -0.322. The molecule has 0 aliphatic carbocycles. The largest absolute Gasteiger partial charge is 0.418 e. The molecule has 0 aliphatic heterocycles. The number of rotatable bonds is 4. The summed E-state index contributed by atoms with van der Waals surface area (Å²) >= 11 is 0. The van der Waals surface area contributed by atoms with E-state index in [2.05, 4.69) is 20.9 Å². The maximum Gasteiger partial charge on any atom is 0.418 e. The Balaban J connectivity index is 1.60. The van der Waals surface area contributed by atoms with Crippen LogP contribution in [0.2, 0.25) is 0 Å². The third kappa shape index (κ3) is 4.56. The number of halogens is 3. The van der Waals surface area contributed by atoms with Crippen molar-refractivity contribution in [3.8, 4) is 0 Å². The van der Waals surface area contributed by atoms with Crippen LogP contribution in [0.15, 0.2) is 60.8 Å². The Bertz CT molecular complexity index is 1020. The molecular formula is C19H15F3N4O2. The number of urea groups is 1. The standard InChI is InChI=1S/C19H15F3N4O2/c20-19(21,22)13-7-1-2-8-14(13)26-18(28)24-11-16(27)25-15-9-3-5-12-6-4-10-23-17(12)15/h1-10H,11H2,(H,25,27)(H2,24,26,28). The number of hydrogen-bond acceptors (Lipinski definition) is 3. The Morgan fingerprint density at radius 2 is 1.61 bits per heavy atom. The second-order valence-electron chi connectivity index (χ2n) is 5.78. The second kappa shape index (κ2) is 7.95. The molecule has 0 spiro atoms. The number of pyridine rings is 1. The van der Waals surface area contributed by atoms with Gasteiger partial charge in [-0.3, -0.25) is 9.78 Å². The number of alkyl halides is 3. The molecule has 0 saturated heterocycles. The molecule has 9 heteroatoms. The van der Waals surface area contributed by atoms with E-state index < -0.39 is 35.9 Å². The summed E-state index contributed by atoms with van der Waals surface area (Å²) in [4.78, 5) is 28.2. The fraction of sp³-hybridized carbons (Fsp3) is 0.105. The first-order chi connectivity index (χ1) is 13.3. The average molecular weight is 388 g/mol. The minimum atomic E-state index is -4.61. The van der Waals surface area contributed by atoms with Gasteiger partial charge in [0.1, 0.15) is 0 Å². The summed E-state index contributed by atoms with van der Waals surface area (Å²) in [6, 6.07) is 12.5. The lowest BCUT2D eigenvalue weighted by Crippen LogP contribution is -2.36. The molecule has 3 N–H and O–H groups in total. The van der Waals surface area contributed by atoms with E-state index in [1.54, 1.807) is 24.4 Å². The summed E-state index contributed by atoms with van der Waals surface area (Å²) in [5.74, 6) is -0.544. The highest BCUT2D eigenvalue weighted by Gasteiger charge is 2.33. The fourth-order valence-electron chi connectivity index (χ4n) is 2.57. The number of anilines is 2. The molecule has 0 aliphatic rings. The number of carbonyl (C=O) groups is 2. The van der Waals surface area contributed by atoms with Crippen molar-refractivity contribution in [3.05, 3.63) is 66.4 Å². The number of nitrogens with one attached hydrogen (secondary N) is 3. The number of carbonyl (C=O) groups excluding carboxylic acids is 2. The molecule has 3 aromatic rings. The summed E-state index contributed by atoms with van der Waals surface area (Å²) in [6.45, 7) is -0.427. The number of para-hydroxylation sites is 2. The van der Waals surface area contributed by atoms with Gasteiger partial charge in [0.2, 0.25) is 5.91 Å². The fourth-order valence-corrected chi connectivity index (χ4v) is 2.57. The van der Waals surface area contributed by atoms with E-state index in [0.29, 0.717) is 11.2 Å². The van der Waals surface area contributed by atoms with Crippen LogP contribution in [-0.4, -0.2) is 23.5 Å². The average Bonchev–Trinajstić information content (AvgIpc) is 2.66. The van der Waals surface area contributed by atoms with E-state index >= 15 is 0 Å². The molecule has 1 heterocycles. The minimum absolute atomic E-state index is 0.397. The molecule has 0 unspecified atom stereocenters. The second-order valence-corrected chi connectivity index (χ2v) is 5.78. The minimum Gasteiger partial charge on any atom is -0.329 e. The Hall–Kier alpha value is -3.62. The Morgan fingerprint density at radius 3 is 2.39 bits per heavy atom. The Morgan fingerprint density at radius 1 is 0.893 bits per heavy atom. The van der Waals surface area contributed by atoms with E-state index in [-0.39, 0.29) is 0 Å². The van der Waals surface area contributed by atoms with E-state index in [9.17, 15) is 22.8 Å². The van der Waals surface area contributed by atoms with E-state index in [1.807, 2.05) is 12.1 Å². The lowest BCUT2D eigenvalue weighted by Gasteiger charge is -2.14. The number of hydrogen-bond donors (Lipinski definition) is 3. The topological polar surface area (TPSA) is 83.1 Å². The van der Waals surface area contributed by atoms with E-state index in [1.165, 1.54) is 12.1 Å². The normalized spacial score (nSPS) is 11.1. The predicted octanol–water partition coefficient (Wildman–Crippen LogP) is 4.01. The molecule has 2 aromatic carbocycles. The van der Waals surface area contributed by atoms with Crippen molar-refractivity contribution in [2.24, 2.45) is 0 Å². The van der Waals surface area contributed by atoms with Crippen molar-refractivity contribution in [3.63, 3.8) is 0 Å². The van der Waals surface area contributed by atoms with Gasteiger partial charge in [-0.05, 0) is 24.3 Å². The molecule has 0 atom stereocenters. The van der Waals surface area contributed by atoms with Crippen molar-refractivity contribution in [1.29, 1.82) is 0 Å². The van der Waals surface area contributed by atoms with Gasteiger partial charge in [-0.15, -0.1) is 0 Å². The van der Waals surface area contributed by atoms with Crippen molar-refractivity contribution >= 4 is 34.2 Å². The van der Waals surface area contributed by atoms with Gasteiger partial charge in [0.15, 0.2) is 0 Å². The van der Waals surface area contributed by atoms with Crippen molar-refractivity contribution < 1.29 is 22.8 Å². The first kappa shape index (κ1) is 19.2. The van der Waals surface area contributed by atoms with Gasteiger partial charge in [-0.25, -0.2) is 4.79 Å². The molecule has 0 radical (unpaired) electrons. The molecule has 0 bridgehead atoms. The van der Waals surface area contributed by atoms with Gasteiger partial charge in [-0.2, -0.15) is 13.2 Å². The van der Waals surface area contributed by atoms with Gasteiger partial charge in [0, 0.05) is 11.6 Å². The van der Waals surface area contributed by atoms with Gasteiger partial charge in [-0.1, -0.05) is 30.3 Å². The molecule has 28 heavy (non-hydrogen) atoms. The zero-order chi connectivity index (χ0) is 20.1. The van der Waals surface area contributed by atoms with Crippen molar-refractivity contribution in [1.82, 2.24) is 10.3 Å². The van der Waals surface area contributed by atoms with Crippen LogP contribution in [-0.2, 0) is 11.0 Å². The predicted molar refractivity (Wildman–Crippen MR) is 98.8 cm³/mol. The van der Waals surface area contributed by atoms with Crippen molar-refractivity contribution in [2.75, 3.05) is 17.2 Å². The molecule has 6 nitrogen and oxygen atoms in total. The quantitative estimate of drug-likeness (QED) is 0.631. The van der Waals surface area contributed by atoms with Crippen LogP contribution in [0.4, 0.5) is 29.3 Å². The highest BCUT2D eigenvalue weighted by atomic mass is 19.4. The van der Waals surface area contributed by atoms with Crippen LogP contribution in [0.1, 0.15) is 5.56 Å². The van der Waals surface area contributed by atoms with Crippen molar-refractivity contribution in [2.45, 2.75) is 6.18 Å². The smallest absolute Gasteiger partial charge is 0.329 e. The van der Waals surface area contributed by atoms with Crippen LogP contribution in [0.5, 0.6) is 0 Å². The third-order valence-electron chi connectivity index (χ3n) is 3.80. The summed E-state index contributed by atoms with van der Waals surface area (Å²) in [7, 11) is 0. The lowest BCUT2D eigenvalue weighted by molar-refractivity contribution is -0.136. The third-order valence-corrected chi connectivity index (χ3v) is 3.80. The first-order valence-corrected chi connectivity index (χ1v) is 8.19. The van der Waals surface area contributed by atoms with Gasteiger partial charge >= 0.3 is 12.2 Å². The molecule has 1 aromatic heterocycles. The monoisotopic (exact) mass is 388 g/mol. The SMILES string of the molecule is O=C(CNC(=O)Nc1ccccc1C(F)(F)F)Nc1cccc2cccnc12. The molecule has 3 rings (SSSR count). The van der Waals surface area contributed by atoms with E-state index in [4.69, 9.17) is 0 Å². The molecule has 144 valence electrons. The maximum atomic E-state index is 12.9. The Kier molecular flexibility index (Phi) is 5.44. The number of benzene rings is 2. The highest BCUT2D eigenvalue weighted by Crippen LogP contribution is 2.34. The zero-order valence-corrected chi connectivity index (χ0v) is 14.4. The number of amides is 3. The first-order valence-electron chi connectivity index (χ1n) is 8.19. The summed E-state index contributed by atoms with van der Waals surface area (Å²) in [5, 5.41) is 7.78. The molecular weight excluding hydrogens is 373 g/mol.